The zero-order chi connectivity index (χ0) is 7.11. The standard InChI is InChI=1S/C7H18AsN/c1-3-9(4-2)7-5-6-8/h3-8H2,1-2H3. The van der Waals surface area contributed by atoms with Gasteiger partial charge in [-0.3, -0.25) is 0 Å². The van der Waals surface area contributed by atoms with Gasteiger partial charge in [0.25, 0.3) is 0 Å². The number of hydrogen-bond donors (Lipinski definition) is 0. The van der Waals surface area contributed by atoms with Gasteiger partial charge in [0.15, 0.2) is 0 Å². The Bertz CT molecular complexity index is 52.9. The van der Waals surface area contributed by atoms with Gasteiger partial charge in [0.1, 0.15) is 0 Å². The number of nitrogens with zero attached hydrogens (tertiary/aromatic N) is 1. The third kappa shape index (κ3) is 4.99. The van der Waals surface area contributed by atoms with Gasteiger partial charge in [-0.25, -0.2) is 0 Å². The summed E-state index contributed by atoms with van der Waals surface area (Å²) in [7, 11) is 0. The maximum absolute atomic E-state index is 2.47. The van der Waals surface area contributed by atoms with Crippen molar-refractivity contribution in [1.29, 1.82) is 0 Å². The van der Waals surface area contributed by atoms with Gasteiger partial charge in [0.2, 0.25) is 0 Å². The predicted octanol–water partition coefficient (Wildman–Crippen LogP) is 0.770. The minimum absolute atomic E-state index is 1.21. The van der Waals surface area contributed by atoms with Gasteiger partial charge in [0, 0.05) is 0 Å². The molecule has 0 aromatic rings. The molecule has 0 aromatic carbocycles. The summed E-state index contributed by atoms with van der Waals surface area (Å²) in [5.74, 6) is 0. The van der Waals surface area contributed by atoms with Crippen LogP contribution in [0.5, 0.6) is 0 Å². The second kappa shape index (κ2) is 6.64. The molecule has 0 aromatic heterocycles. The van der Waals surface area contributed by atoms with Crippen molar-refractivity contribution in [2.45, 2.75) is 25.5 Å². The third-order valence-electron chi connectivity index (χ3n) is 1.57. The normalized spacial score (nSPS) is 10.7. The molecule has 0 heterocycles. The average molecular weight is 191 g/mol. The van der Waals surface area contributed by atoms with Gasteiger partial charge in [-0.1, -0.05) is 0 Å². The maximum atomic E-state index is 2.47. The Morgan fingerprint density at radius 2 is 1.78 bits per heavy atom. The molecule has 0 N–H and O–H groups in total. The summed E-state index contributed by atoms with van der Waals surface area (Å²) in [4.78, 5) is 2.47. The van der Waals surface area contributed by atoms with Crippen LogP contribution in [-0.2, 0) is 0 Å². The van der Waals surface area contributed by atoms with Crippen LogP contribution in [0.3, 0.4) is 0 Å². The Kier molecular flexibility index (Phi) is 7.02. The van der Waals surface area contributed by atoms with E-state index in [2.05, 4.69) is 18.7 Å². The molecule has 0 fully saturated rings. The van der Waals surface area contributed by atoms with Crippen molar-refractivity contribution in [2.24, 2.45) is 0 Å². The molecular formula is C7H18AsN. The predicted molar refractivity (Wildman–Crippen MR) is 45.8 cm³/mol. The zero-order valence-electron chi connectivity index (χ0n) is 6.56. The molecule has 0 aliphatic carbocycles. The Balaban J connectivity index is 3.09. The SMILES string of the molecule is CCN(CC)CCC[AsH2]. The first kappa shape index (κ1) is 9.52. The molecule has 9 heavy (non-hydrogen) atoms. The molecule has 1 atom stereocenters. The van der Waals surface area contributed by atoms with E-state index in [1.807, 2.05) is 16.9 Å². The van der Waals surface area contributed by atoms with E-state index in [-0.39, 0.29) is 0 Å². The average Bonchev–Trinajstić information content (AvgIpc) is 1.91. The Morgan fingerprint density at radius 3 is 2.11 bits per heavy atom. The molecule has 0 amide bonds. The van der Waals surface area contributed by atoms with Crippen LogP contribution in [0.2, 0.25) is 5.21 Å². The van der Waals surface area contributed by atoms with Crippen molar-refractivity contribution in [1.82, 2.24) is 4.90 Å². The van der Waals surface area contributed by atoms with Crippen molar-refractivity contribution >= 4 is 16.9 Å². The van der Waals surface area contributed by atoms with E-state index >= 15 is 0 Å². The monoisotopic (exact) mass is 191 g/mol. The molecule has 0 bridgehead atoms. The molecular weight excluding hydrogens is 173 g/mol. The molecule has 2 heteroatoms. The van der Waals surface area contributed by atoms with Gasteiger partial charge >= 0.3 is 66.9 Å². The second-order valence-corrected chi connectivity index (χ2v) is 3.38. The van der Waals surface area contributed by atoms with E-state index in [0.29, 0.717) is 0 Å². The number of rotatable bonds is 5. The molecule has 0 rings (SSSR count). The Labute approximate surface area is 67.3 Å². The number of hydrogen-bond acceptors (Lipinski definition) is 1. The topological polar surface area (TPSA) is 3.24 Å². The van der Waals surface area contributed by atoms with Crippen LogP contribution in [0.25, 0.3) is 0 Å². The fraction of sp³-hybridized carbons (Fsp3) is 1.00. The van der Waals surface area contributed by atoms with E-state index in [0.717, 1.165) is 0 Å². The fourth-order valence-corrected chi connectivity index (χ4v) is 1.24. The first-order valence-corrected chi connectivity index (χ1v) is 5.48. The van der Waals surface area contributed by atoms with Crippen LogP contribution in [0.15, 0.2) is 0 Å². The molecule has 1 nitrogen and oxygen atoms in total. The zero-order valence-corrected chi connectivity index (χ0v) is 8.98. The molecule has 0 aliphatic rings. The first-order valence-electron chi connectivity index (χ1n) is 3.77. The van der Waals surface area contributed by atoms with E-state index in [1.54, 1.807) is 0 Å². The van der Waals surface area contributed by atoms with Crippen molar-refractivity contribution in [3.8, 4) is 0 Å². The van der Waals surface area contributed by atoms with Crippen molar-refractivity contribution in [3.05, 3.63) is 0 Å². The van der Waals surface area contributed by atoms with Gasteiger partial charge in [-0.05, 0) is 0 Å². The molecule has 0 aliphatic heterocycles. The molecule has 0 saturated carbocycles. The van der Waals surface area contributed by atoms with Crippen LogP contribution in [0.1, 0.15) is 20.3 Å². The summed E-state index contributed by atoms with van der Waals surface area (Å²) in [6, 6.07) is 0. The molecule has 0 radical (unpaired) electrons. The van der Waals surface area contributed by atoms with Crippen molar-refractivity contribution in [2.75, 3.05) is 19.6 Å². The Morgan fingerprint density at radius 1 is 1.22 bits per heavy atom. The second-order valence-electron chi connectivity index (χ2n) is 2.17. The van der Waals surface area contributed by atoms with Gasteiger partial charge in [-0.15, -0.1) is 0 Å². The molecule has 0 spiro atoms. The summed E-state index contributed by atoms with van der Waals surface area (Å²) in [6.45, 7) is 8.17. The van der Waals surface area contributed by atoms with E-state index < -0.39 is 0 Å². The van der Waals surface area contributed by atoms with Gasteiger partial charge in [-0.2, -0.15) is 0 Å². The van der Waals surface area contributed by atoms with Crippen LogP contribution in [0, 0.1) is 0 Å². The Hall–Kier alpha value is 0.518. The van der Waals surface area contributed by atoms with Gasteiger partial charge < -0.3 is 0 Å². The first-order chi connectivity index (χ1) is 4.35. The van der Waals surface area contributed by atoms with Crippen molar-refractivity contribution in [3.63, 3.8) is 0 Å². The van der Waals surface area contributed by atoms with Gasteiger partial charge in [0.05, 0.1) is 0 Å². The van der Waals surface area contributed by atoms with Crippen LogP contribution in [-0.4, -0.2) is 41.4 Å². The summed E-state index contributed by atoms with van der Waals surface area (Å²) < 4.78 is 0. The van der Waals surface area contributed by atoms with Crippen LogP contribution >= 0.6 is 0 Å². The van der Waals surface area contributed by atoms with Crippen molar-refractivity contribution < 1.29 is 0 Å². The van der Waals surface area contributed by atoms with E-state index in [1.165, 1.54) is 31.3 Å². The molecule has 56 valence electrons. The quantitative estimate of drug-likeness (QED) is 0.580. The summed E-state index contributed by atoms with van der Waals surface area (Å²) >= 11 is 1.85. The minimum atomic E-state index is 1.21. The third-order valence-corrected chi connectivity index (χ3v) is 2.43. The fourth-order valence-electron chi connectivity index (χ4n) is 0.855. The van der Waals surface area contributed by atoms with Crippen LogP contribution in [0.4, 0.5) is 0 Å². The summed E-state index contributed by atoms with van der Waals surface area (Å²) in [5.41, 5.74) is 0. The summed E-state index contributed by atoms with van der Waals surface area (Å²) in [6.07, 6.45) is 1.38. The van der Waals surface area contributed by atoms with E-state index in [4.69, 9.17) is 0 Å². The van der Waals surface area contributed by atoms with E-state index in [9.17, 15) is 0 Å². The molecule has 0 saturated heterocycles. The summed E-state index contributed by atoms with van der Waals surface area (Å²) in [5, 5.41) is 1.38. The van der Waals surface area contributed by atoms with Crippen LogP contribution < -0.4 is 0 Å². The molecule has 1 unspecified atom stereocenters.